The van der Waals surface area contributed by atoms with E-state index in [1.165, 1.54) is 4.68 Å². The average molecular weight is 344 g/mol. The highest BCUT2D eigenvalue weighted by Crippen LogP contribution is 2.20. The van der Waals surface area contributed by atoms with Crippen LogP contribution >= 0.6 is 0 Å². The fourth-order valence-electron chi connectivity index (χ4n) is 2.82. The molecule has 3 heterocycles. The largest absolute Gasteiger partial charge is 0.355 e. The molecule has 0 atom stereocenters. The van der Waals surface area contributed by atoms with E-state index in [-0.39, 0.29) is 5.56 Å². The summed E-state index contributed by atoms with van der Waals surface area (Å²) in [6, 6.07) is 13.6. The summed E-state index contributed by atoms with van der Waals surface area (Å²) in [5.41, 5.74) is 2.70. The van der Waals surface area contributed by atoms with E-state index in [2.05, 4.69) is 15.2 Å². The highest BCUT2D eigenvalue weighted by molar-refractivity contribution is 5.89. The molecular weight excluding hydrogens is 328 g/mol. The van der Waals surface area contributed by atoms with E-state index in [1.807, 2.05) is 61.5 Å². The fraction of sp³-hybridized carbons (Fsp3) is 0.100. The van der Waals surface area contributed by atoms with Gasteiger partial charge in [-0.2, -0.15) is 5.10 Å². The van der Waals surface area contributed by atoms with Gasteiger partial charge in [-0.1, -0.05) is 41.6 Å². The normalized spacial score (nSPS) is 11.4. The Balaban J connectivity index is 1.74. The molecule has 0 aliphatic heterocycles. The Bertz CT molecular complexity index is 1130. The molecule has 0 saturated heterocycles. The second kappa shape index (κ2) is 6.76. The summed E-state index contributed by atoms with van der Waals surface area (Å²) in [6.07, 6.45) is 7.11. The molecule has 0 saturated carbocycles. The maximum atomic E-state index is 12.7. The van der Waals surface area contributed by atoms with Crippen LogP contribution in [-0.2, 0) is 6.54 Å². The van der Waals surface area contributed by atoms with Crippen LogP contribution in [0, 0.1) is 6.92 Å². The first-order valence-corrected chi connectivity index (χ1v) is 8.21. The Hall–Kier alpha value is -3.54. The van der Waals surface area contributed by atoms with Crippen molar-refractivity contribution in [3.05, 3.63) is 87.8 Å². The van der Waals surface area contributed by atoms with Crippen LogP contribution in [0.5, 0.6) is 0 Å². The van der Waals surface area contributed by atoms with Crippen LogP contribution in [0.4, 0.5) is 0 Å². The Morgan fingerprint density at radius 3 is 2.62 bits per heavy atom. The van der Waals surface area contributed by atoms with Crippen LogP contribution < -0.4 is 5.56 Å². The average Bonchev–Trinajstić information content (AvgIpc) is 3.11. The molecule has 4 rings (SSSR count). The maximum absolute atomic E-state index is 12.7. The van der Waals surface area contributed by atoms with Crippen molar-refractivity contribution in [3.8, 4) is 0 Å². The zero-order valence-electron chi connectivity index (χ0n) is 14.2. The molecule has 6 nitrogen and oxygen atoms in total. The van der Waals surface area contributed by atoms with Gasteiger partial charge in [-0.3, -0.25) is 9.78 Å². The smallest absolute Gasteiger partial charge is 0.297 e. The van der Waals surface area contributed by atoms with Crippen molar-refractivity contribution in [2.24, 2.45) is 0 Å². The molecule has 0 spiro atoms. The van der Waals surface area contributed by atoms with E-state index in [4.69, 9.17) is 4.52 Å². The molecule has 128 valence electrons. The summed E-state index contributed by atoms with van der Waals surface area (Å²) in [5.74, 6) is 0.530. The van der Waals surface area contributed by atoms with Gasteiger partial charge in [-0.15, -0.1) is 0 Å². The Morgan fingerprint density at radius 1 is 1.08 bits per heavy atom. The molecule has 0 aliphatic rings. The first kappa shape index (κ1) is 16.0. The molecule has 0 radical (unpaired) electrons. The van der Waals surface area contributed by atoms with Gasteiger partial charge in [-0.25, -0.2) is 4.68 Å². The predicted molar refractivity (Wildman–Crippen MR) is 99.5 cm³/mol. The lowest BCUT2D eigenvalue weighted by molar-refractivity contribution is 0.420. The van der Waals surface area contributed by atoms with Crippen molar-refractivity contribution >= 4 is 23.1 Å². The topological polar surface area (TPSA) is 73.8 Å². The van der Waals surface area contributed by atoms with Gasteiger partial charge in [0.05, 0.1) is 17.6 Å². The molecule has 0 fully saturated rings. The number of fused-ring (bicyclic) bond motifs is 1. The third-order valence-electron chi connectivity index (χ3n) is 4.10. The zero-order valence-corrected chi connectivity index (χ0v) is 14.2. The third kappa shape index (κ3) is 3.04. The van der Waals surface area contributed by atoms with Gasteiger partial charge in [0.25, 0.3) is 5.56 Å². The molecule has 3 aromatic heterocycles. The number of aryl methyl sites for hydroxylation is 1. The Morgan fingerprint density at radius 2 is 1.85 bits per heavy atom. The minimum absolute atomic E-state index is 0.273. The van der Waals surface area contributed by atoms with Gasteiger partial charge >= 0.3 is 0 Å². The van der Waals surface area contributed by atoms with E-state index < -0.39 is 0 Å². The quantitative estimate of drug-likeness (QED) is 0.568. The summed E-state index contributed by atoms with van der Waals surface area (Å²) >= 11 is 0. The van der Waals surface area contributed by atoms with E-state index in [0.717, 1.165) is 11.1 Å². The minimum atomic E-state index is -0.273. The van der Waals surface area contributed by atoms with Crippen molar-refractivity contribution in [2.45, 2.75) is 13.5 Å². The molecule has 0 N–H and O–H groups in total. The number of hydrogen-bond acceptors (Lipinski definition) is 5. The Labute approximate surface area is 149 Å². The van der Waals surface area contributed by atoms with Gasteiger partial charge < -0.3 is 4.52 Å². The molecule has 0 bridgehead atoms. The van der Waals surface area contributed by atoms with Crippen LogP contribution in [0.2, 0.25) is 0 Å². The zero-order chi connectivity index (χ0) is 17.9. The number of aromatic nitrogens is 4. The molecular formula is C20H16N4O2. The fourth-order valence-corrected chi connectivity index (χ4v) is 2.82. The molecule has 0 unspecified atom stereocenters. The number of pyridine rings is 1. The van der Waals surface area contributed by atoms with E-state index >= 15 is 0 Å². The summed E-state index contributed by atoms with van der Waals surface area (Å²) in [6.45, 7) is 2.21. The number of rotatable bonds is 4. The van der Waals surface area contributed by atoms with Crippen LogP contribution in [0.3, 0.4) is 0 Å². The highest BCUT2D eigenvalue weighted by Gasteiger charge is 2.16. The monoisotopic (exact) mass is 344 g/mol. The van der Waals surface area contributed by atoms with Crippen molar-refractivity contribution in [1.82, 2.24) is 19.9 Å². The lowest BCUT2D eigenvalue weighted by atomic mass is 10.1. The number of benzene rings is 1. The van der Waals surface area contributed by atoms with Crippen molar-refractivity contribution < 1.29 is 4.52 Å². The summed E-state index contributed by atoms with van der Waals surface area (Å²) in [4.78, 5) is 16.7. The Kier molecular flexibility index (Phi) is 4.15. The van der Waals surface area contributed by atoms with Crippen molar-refractivity contribution in [3.63, 3.8) is 0 Å². The number of hydrogen-bond donors (Lipinski definition) is 0. The van der Waals surface area contributed by atoms with Crippen molar-refractivity contribution in [2.75, 3.05) is 0 Å². The lowest BCUT2D eigenvalue weighted by Crippen LogP contribution is -2.24. The molecule has 6 heteroatoms. The maximum Gasteiger partial charge on any atom is 0.297 e. The first-order chi connectivity index (χ1) is 12.7. The van der Waals surface area contributed by atoms with E-state index in [0.29, 0.717) is 28.9 Å². The van der Waals surface area contributed by atoms with Crippen LogP contribution in [0.25, 0.3) is 23.1 Å². The van der Waals surface area contributed by atoms with Crippen LogP contribution in [0.1, 0.15) is 22.6 Å². The van der Waals surface area contributed by atoms with Gasteiger partial charge in [0.15, 0.2) is 11.3 Å². The van der Waals surface area contributed by atoms with Gasteiger partial charge in [0, 0.05) is 12.4 Å². The molecule has 0 aliphatic carbocycles. The minimum Gasteiger partial charge on any atom is -0.355 e. The SMILES string of the molecule is Cc1nn(Cc2ccncc2)c(=O)c2noc(/C=C/c3ccccc3)c12. The standard InChI is InChI=1S/C20H16N4O2/c1-14-18-17(8-7-15-5-3-2-4-6-15)26-23-19(18)20(25)24(22-14)13-16-9-11-21-12-10-16/h2-12H,13H2,1H3/b8-7+. The van der Waals surface area contributed by atoms with Crippen molar-refractivity contribution in [1.29, 1.82) is 0 Å². The summed E-state index contributed by atoms with van der Waals surface area (Å²) in [7, 11) is 0. The summed E-state index contributed by atoms with van der Waals surface area (Å²) < 4.78 is 6.81. The van der Waals surface area contributed by atoms with E-state index in [1.54, 1.807) is 12.4 Å². The van der Waals surface area contributed by atoms with Gasteiger partial charge in [-0.05, 0) is 36.3 Å². The molecule has 26 heavy (non-hydrogen) atoms. The molecule has 1 aromatic carbocycles. The first-order valence-electron chi connectivity index (χ1n) is 8.21. The molecule has 4 aromatic rings. The second-order valence-corrected chi connectivity index (χ2v) is 5.92. The van der Waals surface area contributed by atoms with Gasteiger partial charge in [0.1, 0.15) is 0 Å². The van der Waals surface area contributed by atoms with Crippen LogP contribution in [-0.4, -0.2) is 19.9 Å². The number of nitrogens with zero attached hydrogens (tertiary/aromatic N) is 4. The second-order valence-electron chi connectivity index (χ2n) is 5.92. The highest BCUT2D eigenvalue weighted by atomic mass is 16.5. The molecule has 0 amide bonds. The third-order valence-corrected chi connectivity index (χ3v) is 4.10. The van der Waals surface area contributed by atoms with Gasteiger partial charge in [0.2, 0.25) is 0 Å². The summed E-state index contributed by atoms with van der Waals surface area (Å²) in [5, 5.41) is 9.06. The van der Waals surface area contributed by atoms with Crippen LogP contribution in [0.15, 0.2) is 64.2 Å². The van der Waals surface area contributed by atoms with E-state index in [9.17, 15) is 4.79 Å². The predicted octanol–water partition coefficient (Wildman–Crippen LogP) is 3.31. The lowest BCUT2D eigenvalue weighted by Gasteiger charge is -2.05.